The number of rotatable bonds is 7. The van der Waals surface area contributed by atoms with Gasteiger partial charge in [0.1, 0.15) is 5.75 Å². The Morgan fingerprint density at radius 1 is 1.17 bits per heavy atom. The maximum atomic E-state index is 12.1. The Morgan fingerprint density at radius 2 is 1.79 bits per heavy atom. The summed E-state index contributed by atoms with van der Waals surface area (Å²) in [6.45, 7) is -0.0278. The highest BCUT2D eigenvalue weighted by molar-refractivity contribution is 7.89. The lowest BCUT2D eigenvalue weighted by atomic mass is 10.2. The summed E-state index contributed by atoms with van der Waals surface area (Å²) in [6, 6.07) is 12.8. The highest BCUT2D eigenvalue weighted by Crippen LogP contribution is 2.13. The SMILES string of the molecule is COc1ccc(/C=[N+](\[O-])CCNS(=O)(=O)c2ccc(Cl)cc2)cc1. The molecular weight excluding hydrogens is 352 g/mol. The highest BCUT2D eigenvalue weighted by Gasteiger charge is 2.13. The van der Waals surface area contributed by atoms with E-state index >= 15 is 0 Å². The van der Waals surface area contributed by atoms with Crippen LogP contribution in [-0.4, -0.2) is 39.6 Å². The molecular formula is C16H17ClN2O4S. The van der Waals surface area contributed by atoms with Crippen LogP contribution in [0.15, 0.2) is 53.4 Å². The van der Waals surface area contributed by atoms with Crippen LogP contribution < -0.4 is 9.46 Å². The predicted octanol–water partition coefficient (Wildman–Crippen LogP) is 2.26. The molecule has 0 aliphatic heterocycles. The van der Waals surface area contributed by atoms with Crippen LogP contribution in [0.1, 0.15) is 5.56 Å². The van der Waals surface area contributed by atoms with E-state index in [0.717, 1.165) is 0 Å². The van der Waals surface area contributed by atoms with Gasteiger partial charge in [-0.3, -0.25) is 0 Å². The topological polar surface area (TPSA) is 81.5 Å². The first-order valence-corrected chi connectivity index (χ1v) is 8.95. The molecule has 0 bridgehead atoms. The van der Waals surface area contributed by atoms with Crippen molar-refractivity contribution in [3.05, 3.63) is 64.3 Å². The van der Waals surface area contributed by atoms with Crippen molar-refractivity contribution >= 4 is 27.8 Å². The zero-order valence-electron chi connectivity index (χ0n) is 13.0. The van der Waals surface area contributed by atoms with Gasteiger partial charge in [-0.15, -0.1) is 0 Å². The number of sulfonamides is 1. The summed E-state index contributed by atoms with van der Waals surface area (Å²) < 4.78 is 32.2. The summed E-state index contributed by atoms with van der Waals surface area (Å²) >= 11 is 5.73. The molecule has 0 amide bonds. The molecule has 2 rings (SSSR count). The summed E-state index contributed by atoms with van der Waals surface area (Å²) in [5.41, 5.74) is 0.700. The van der Waals surface area contributed by atoms with Gasteiger partial charge in [-0.1, -0.05) is 11.6 Å². The monoisotopic (exact) mass is 368 g/mol. The predicted molar refractivity (Wildman–Crippen MR) is 93.3 cm³/mol. The summed E-state index contributed by atoms with van der Waals surface area (Å²) in [7, 11) is -2.10. The van der Waals surface area contributed by atoms with Gasteiger partial charge in [-0.2, -0.15) is 0 Å². The largest absolute Gasteiger partial charge is 0.624 e. The highest BCUT2D eigenvalue weighted by atomic mass is 35.5. The van der Waals surface area contributed by atoms with Gasteiger partial charge in [0.2, 0.25) is 10.0 Å². The van der Waals surface area contributed by atoms with E-state index in [1.54, 1.807) is 31.4 Å². The van der Waals surface area contributed by atoms with Gasteiger partial charge in [0.15, 0.2) is 12.8 Å². The Balaban J connectivity index is 1.92. The lowest BCUT2D eigenvalue weighted by Crippen LogP contribution is -2.29. The van der Waals surface area contributed by atoms with Crippen LogP contribution in [0.2, 0.25) is 5.02 Å². The van der Waals surface area contributed by atoms with E-state index in [0.29, 0.717) is 21.1 Å². The fourth-order valence-corrected chi connectivity index (χ4v) is 3.06. The van der Waals surface area contributed by atoms with Gasteiger partial charge in [0.25, 0.3) is 0 Å². The fourth-order valence-electron chi connectivity index (χ4n) is 1.91. The second-order valence-electron chi connectivity index (χ2n) is 4.89. The number of hydrogen-bond donors (Lipinski definition) is 1. The third kappa shape index (κ3) is 5.23. The van der Waals surface area contributed by atoms with E-state index in [4.69, 9.17) is 16.3 Å². The Bertz CT molecular complexity index is 803. The zero-order chi connectivity index (χ0) is 17.6. The molecule has 6 nitrogen and oxygen atoms in total. The standard InChI is InChI=1S/C16H17ClN2O4S/c1-23-15-6-2-13(3-7-15)12-19(20)11-10-18-24(21,22)16-8-4-14(17)5-9-16/h2-9,12,18H,10-11H2,1H3/b19-12-. The number of hydroxylamine groups is 1. The summed E-state index contributed by atoms with van der Waals surface area (Å²) in [6.07, 6.45) is 1.38. The maximum Gasteiger partial charge on any atom is 0.240 e. The number of halogens is 1. The van der Waals surface area contributed by atoms with Crippen LogP contribution in [-0.2, 0) is 10.0 Å². The van der Waals surface area contributed by atoms with Gasteiger partial charge >= 0.3 is 0 Å². The zero-order valence-corrected chi connectivity index (χ0v) is 14.5. The minimum absolute atomic E-state index is 0.0128. The fraction of sp³-hybridized carbons (Fsp3) is 0.188. The van der Waals surface area contributed by atoms with Gasteiger partial charge in [0.05, 0.1) is 18.6 Å². The molecule has 8 heteroatoms. The van der Waals surface area contributed by atoms with Gasteiger partial charge in [0, 0.05) is 10.6 Å². The normalized spacial score (nSPS) is 12.2. The van der Waals surface area contributed by atoms with Crippen molar-refractivity contribution in [1.82, 2.24) is 4.72 Å². The molecule has 0 aromatic heterocycles. The second kappa shape index (κ2) is 8.14. The van der Waals surface area contributed by atoms with Crippen molar-refractivity contribution in [3.63, 3.8) is 0 Å². The smallest absolute Gasteiger partial charge is 0.240 e. The van der Waals surface area contributed by atoms with Crippen molar-refractivity contribution in [2.24, 2.45) is 0 Å². The van der Waals surface area contributed by atoms with Gasteiger partial charge in [-0.25, -0.2) is 17.9 Å². The maximum absolute atomic E-state index is 12.1. The molecule has 2 aromatic rings. The molecule has 0 atom stereocenters. The van der Waals surface area contributed by atoms with Crippen molar-refractivity contribution in [2.75, 3.05) is 20.2 Å². The number of nitrogens with one attached hydrogen (secondary N) is 1. The summed E-state index contributed by atoms with van der Waals surface area (Å²) in [5.74, 6) is 0.695. The van der Waals surface area contributed by atoms with E-state index in [2.05, 4.69) is 4.72 Å². The Kier molecular flexibility index (Phi) is 6.19. The second-order valence-corrected chi connectivity index (χ2v) is 7.10. The van der Waals surface area contributed by atoms with E-state index in [1.807, 2.05) is 0 Å². The van der Waals surface area contributed by atoms with Crippen LogP contribution in [0.3, 0.4) is 0 Å². The Labute approximate surface area is 146 Å². The number of methoxy groups -OCH3 is 1. The van der Waals surface area contributed by atoms with Crippen LogP contribution in [0.25, 0.3) is 0 Å². The van der Waals surface area contributed by atoms with Crippen molar-refractivity contribution in [3.8, 4) is 5.75 Å². The van der Waals surface area contributed by atoms with Crippen molar-refractivity contribution in [2.45, 2.75) is 4.90 Å². The summed E-state index contributed by atoms with van der Waals surface area (Å²) in [5, 5.41) is 12.3. The average molecular weight is 369 g/mol. The van der Waals surface area contributed by atoms with Crippen LogP contribution in [0, 0.1) is 5.21 Å². The molecule has 0 unspecified atom stereocenters. The molecule has 0 saturated carbocycles. The quantitative estimate of drug-likeness (QED) is 0.352. The minimum atomic E-state index is -3.66. The van der Waals surface area contributed by atoms with Crippen molar-refractivity contribution < 1.29 is 17.9 Å². The number of hydrogen-bond acceptors (Lipinski definition) is 4. The van der Waals surface area contributed by atoms with Crippen LogP contribution >= 0.6 is 11.6 Å². The molecule has 0 aliphatic carbocycles. The van der Waals surface area contributed by atoms with E-state index in [-0.39, 0.29) is 18.0 Å². The van der Waals surface area contributed by atoms with Crippen LogP contribution in [0.5, 0.6) is 5.75 Å². The van der Waals surface area contributed by atoms with Gasteiger partial charge < -0.3 is 9.94 Å². The molecule has 2 aromatic carbocycles. The number of benzene rings is 2. The first kappa shape index (κ1) is 18.3. The van der Waals surface area contributed by atoms with Crippen molar-refractivity contribution in [1.29, 1.82) is 0 Å². The van der Waals surface area contributed by atoms with E-state index in [9.17, 15) is 13.6 Å². The third-order valence-electron chi connectivity index (χ3n) is 3.16. The summed E-state index contributed by atoms with van der Waals surface area (Å²) in [4.78, 5) is 0.100. The minimum Gasteiger partial charge on any atom is -0.624 e. The van der Waals surface area contributed by atoms with Crippen LogP contribution in [0.4, 0.5) is 0 Å². The first-order valence-electron chi connectivity index (χ1n) is 7.08. The molecule has 0 fully saturated rings. The Hall–Kier alpha value is -2.09. The molecule has 0 heterocycles. The number of nitrogens with zero attached hydrogens (tertiary/aromatic N) is 1. The lowest BCUT2D eigenvalue weighted by Gasteiger charge is -2.07. The first-order chi connectivity index (χ1) is 11.4. The molecule has 0 aliphatic rings. The average Bonchev–Trinajstić information content (AvgIpc) is 2.56. The lowest BCUT2D eigenvalue weighted by molar-refractivity contribution is -0.449. The molecule has 128 valence electrons. The van der Waals surface area contributed by atoms with Gasteiger partial charge in [-0.05, 0) is 48.5 Å². The molecule has 24 heavy (non-hydrogen) atoms. The number of ether oxygens (including phenoxy) is 1. The Morgan fingerprint density at radius 3 is 2.38 bits per heavy atom. The third-order valence-corrected chi connectivity index (χ3v) is 4.89. The molecule has 0 radical (unpaired) electrons. The molecule has 0 spiro atoms. The van der Waals surface area contributed by atoms with E-state index < -0.39 is 10.0 Å². The molecule has 0 saturated heterocycles. The van der Waals surface area contributed by atoms with E-state index in [1.165, 1.54) is 30.5 Å². The molecule has 1 N–H and O–H groups in total.